The minimum atomic E-state index is -0.597. The van der Waals surface area contributed by atoms with Gasteiger partial charge in [0.25, 0.3) is 5.91 Å². The third-order valence-corrected chi connectivity index (χ3v) is 2.87. The van der Waals surface area contributed by atoms with E-state index in [1.165, 1.54) is 12.1 Å². The monoisotopic (exact) mass is 271 g/mol. The molecular weight excluding hydrogens is 257 g/mol. The molecule has 1 amide bonds. The molecule has 4 heteroatoms. The molecule has 2 aromatic carbocycles. The second-order valence-electron chi connectivity index (χ2n) is 4.46. The Morgan fingerprint density at radius 1 is 1.10 bits per heavy atom. The van der Waals surface area contributed by atoms with Gasteiger partial charge in [0.1, 0.15) is 5.82 Å². The standard InChI is InChI=1S/C16H14FNO2/c1-11-7-8-14(17)13(9-11)16(20)18-10-15(19)12-5-3-2-4-6-12/h2-9H,10H2,1H3,(H,18,20). The molecule has 0 fully saturated rings. The van der Waals surface area contributed by atoms with Crippen molar-refractivity contribution in [3.8, 4) is 0 Å². The van der Waals surface area contributed by atoms with Gasteiger partial charge < -0.3 is 5.32 Å². The van der Waals surface area contributed by atoms with E-state index in [2.05, 4.69) is 5.32 Å². The number of Topliss-reactive ketones (excluding diaryl/α,β-unsaturated/α-hetero) is 1. The van der Waals surface area contributed by atoms with Crippen molar-refractivity contribution in [1.29, 1.82) is 0 Å². The van der Waals surface area contributed by atoms with Crippen molar-refractivity contribution in [1.82, 2.24) is 5.32 Å². The van der Waals surface area contributed by atoms with Crippen LogP contribution in [0.25, 0.3) is 0 Å². The predicted molar refractivity (Wildman–Crippen MR) is 74.2 cm³/mol. The molecule has 20 heavy (non-hydrogen) atoms. The molecule has 0 saturated carbocycles. The van der Waals surface area contributed by atoms with Crippen LogP contribution in [0.3, 0.4) is 0 Å². The van der Waals surface area contributed by atoms with E-state index in [-0.39, 0.29) is 17.9 Å². The van der Waals surface area contributed by atoms with Crippen LogP contribution in [0, 0.1) is 12.7 Å². The molecule has 0 atom stereocenters. The van der Waals surface area contributed by atoms with Crippen molar-refractivity contribution in [3.63, 3.8) is 0 Å². The summed E-state index contributed by atoms with van der Waals surface area (Å²) < 4.78 is 13.5. The van der Waals surface area contributed by atoms with E-state index in [1.54, 1.807) is 43.3 Å². The maximum atomic E-state index is 13.5. The lowest BCUT2D eigenvalue weighted by molar-refractivity contribution is 0.0901. The number of amides is 1. The summed E-state index contributed by atoms with van der Waals surface area (Å²) in [5.74, 6) is -1.40. The van der Waals surface area contributed by atoms with Crippen LogP contribution in [0.1, 0.15) is 26.3 Å². The first-order valence-corrected chi connectivity index (χ1v) is 6.20. The topological polar surface area (TPSA) is 46.2 Å². The minimum absolute atomic E-state index is 0.0501. The van der Waals surface area contributed by atoms with Gasteiger partial charge in [-0.25, -0.2) is 4.39 Å². The van der Waals surface area contributed by atoms with Gasteiger partial charge in [0, 0.05) is 5.56 Å². The second-order valence-corrected chi connectivity index (χ2v) is 4.46. The van der Waals surface area contributed by atoms with Crippen LogP contribution in [-0.4, -0.2) is 18.2 Å². The Morgan fingerprint density at radius 3 is 2.50 bits per heavy atom. The molecule has 0 heterocycles. The van der Waals surface area contributed by atoms with Crippen molar-refractivity contribution >= 4 is 11.7 Å². The number of ketones is 1. The highest BCUT2D eigenvalue weighted by atomic mass is 19.1. The molecule has 1 N–H and O–H groups in total. The fourth-order valence-electron chi connectivity index (χ4n) is 1.80. The molecule has 0 aliphatic heterocycles. The van der Waals surface area contributed by atoms with Crippen LogP contribution in [0.15, 0.2) is 48.5 Å². The summed E-state index contributed by atoms with van der Waals surface area (Å²) in [5.41, 5.74) is 1.24. The van der Waals surface area contributed by atoms with Gasteiger partial charge in [-0.2, -0.15) is 0 Å². The van der Waals surface area contributed by atoms with Crippen LogP contribution in [0.5, 0.6) is 0 Å². The summed E-state index contributed by atoms with van der Waals surface area (Å²) in [4.78, 5) is 23.7. The van der Waals surface area contributed by atoms with Gasteiger partial charge in [-0.05, 0) is 19.1 Å². The highest BCUT2D eigenvalue weighted by Crippen LogP contribution is 2.09. The summed E-state index contributed by atoms with van der Waals surface area (Å²) >= 11 is 0. The number of carbonyl (C=O) groups is 2. The number of carbonyl (C=O) groups excluding carboxylic acids is 2. The Kier molecular flexibility index (Phi) is 4.25. The summed E-state index contributed by atoms with van der Waals surface area (Å²) in [5, 5.41) is 2.44. The third-order valence-electron chi connectivity index (χ3n) is 2.87. The van der Waals surface area contributed by atoms with Crippen molar-refractivity contribution < 1.29 is 14.0 Å². The normalized spacial score (nSPS) is 10.1. The van der Waals surface area contributed by atoms with Gasteiger partial charge in [-0.15, -0.1) is 0 Å². The first-order chi connectivity index (χ1) is 9.58. The number of aryl methyl sites for hydroxylation is 1. The van der Waals surface area contributed by atoms with Crippen LogP contribution in [0.2, 0.25) is 0 Å². The number of rotatable bonds is 4. The summed E-state index contributed by atoms with van der Waals surface area (Å²) in [6.45, 7) is 1.61. The van der Waals surface area contributed by atoms with E-state index in [0.717, 1.165) is 5.56 Å². The molecule has 0 saturated heterocycles. The number of hydrogen-bond donors (Lipinski definition) is 1. The first-order valence-electron chi connectivity index (χ1n) is 6.20. The minimum Gasteiger partial charge on any atom is -0.344 e. The van der Waals surface area contributed by atoms with E-state index in [1.807, 2.05) is 0 Å². The molecule has 0 radical (unpaired) electrons. The van der Waals surface area contributed by atoms with Crippen molar-refractivity contribution in [2.45, 2.75) is 6.92 Å². The summed E-state index contributed by atoms with van der Waals surface area (Å²) in [7, 11) is 0. The highest BCUT2D eigenvalue weighted by Gasteiger charge is 2.13. The van der Waals surface area contributed by atoms with Gasteiger partial charge in [-0.3, -0.25) is 9.59 Å². The average molecular weight is 271 g/mol. The molecule has 0 spiro atoms. The molecule has 0 aliphatic carbocycles. The van der Waals surface area contributed by atoms with Crippen molar-refractivity contribution in [3.05, 3.63) is 71.0 Å². The first kappa shape index (κ1) is 13.9. The highest BCUT2D eigenvalue weighted by molar-refractivity contribution is 6.02. The Hall–Kier alpha value is -2.49. The largest absolute Gasteiger partial charge is 0.344 e. The zero-order chi connectivity index (χ0) is 14.5. The molecule has 0 aliphatic rings. The molecular formula is C16H14FNO2. The van der Waals surface area contributed by atoms with Crippen LogP contribution in [0.4, 0.5) is 4.39 Å². The number of benzene rings is 2. The molecule has 0 unspecified atom stereocenters. The SMILES string of the molecule is Cc1ccc(F)c(C(=O)NCC(=O)c2ccccc2)c1. The van der Waals surface area contributed by atoms with E-state index >= 15 is 0 Å². The van der Waals surface area contributed by atoms with E-state index in [9.17, 15) is 14.0 Å². The maximum absolute atomic E-state index is 13.5. The van der Waals surface area contributed by atoms with Gasteiger partial charge in [-0.1, -0.05) is 42.0 Å². The van der Waals surface area contributed by atoms with Crippen LogP contribution in [-0.2, 0) is 0 Å². The van der Waals surface area contributed by atoms with E-state index in [0.29, 0.717) is 5.56 Å². The van der Waals surface area contributed by atoms with Crippen LogP contribution < -0.4 is 5.32 Å². The lowest BCUT2D eigenvalue weighted by Gasteiger charge is -2.06. The second kappa shape index (κ2) is 6.10. The zero-order valence-electron chi connectivity index (χ0n) is 11.0. The molecule has 2 aromatic rings. The third kappa shape index (κ3) is 3.29. The van der Waals surface area contributed by atoms with Crippen LogP contribution >= 0.6 is 0 Å². The maximum Gasteiger partial charge on any atom is 0.254 e. The molecule has 0 bridgehead atoms. The average Bonchev–Trinajstić information content (AvgIpc) is 2.47. The number of hydrogen-bond acceptors (Lipinski definition) is 2. The van der Waals surface area contributed by atoms with Gasteiger partial charge >= 0.3 is 0 Å². The van der Waals surface area contributed by atoms with Gasteiger partial charge in [0.2, 0.25) is 0 Å². The van der Waals surface area contributed by atoms with Crippen molar-refractivity contribution in [2.24, 2.45) is 0 Å². The predicted octanol–water partition coefficient (Wildman–Crippen LogP) is 2.75. The Bertz CT molecular complexity index is 638. The molecule has 0 aromatic heterocycles. The zero-order valence-corrected chi connectivity index (χ0v) is 11.0. The molecule has 2 rings (SSSR count). The van der Waals surface area contributed by atoms with Gasteiger partial charge in [0.05, 0.1) is 12.1 Å². The lowest BCUT2D eigenvalue weighted by Crippen LogP contribution is -2.30. The fraction of sp³-hybridized carbons (Fsp3) is 0.125. The lowest BCUT2D eigenvalue weighted by atomic mass is 10.1. The Morgan fingerprint density at radius 2 is 1.80 bits per heavy atom. The summed E-state index contributed by atoms with van der Waals surface area (Å²) in [6, 6.07) is 12.9. The quantitative estimate of drug-likeness (QED) is 0.869. The Balaban J connectivity index is 2.02. The van der Waals surface area contributed by atoms with E-state index < -0.39 is 11.7 Å². The molecule has 102 valence electrons. The summed E-state index contributed by atoms with van der Waals surface area (Å²) in [6.07, 6.45) is 0. The number of nitrogens with one attached hydrogen (secondary N) is 1. The molecule has 3 nitrogen and oxygen atoms in total. The van der Waals surface area contributed by atoms with E-state index in [4.69, 9.17) is 0 Å². The fourth-order valence-corrected chi connectivity index (χ4v) is 1.80. The van der Waals surface area contributed by atoms with Crippen molar-refractivity contribution in [2.75, 3.05) is 6.54 Å². The van der Waals surface area contributed by atoms with Gasteiger partial charge in [0.15, 0.2) is 5.78 Å². The smallest absolute Gasteiger partial charge is 0.254 e. The Labute approximate surface area is 116 Å². The number of halogens is 1.